The van der Waals surface area contributed by atoms with Gasteiger partial charge in [-0.05, 0) is 38.5 Å². The molecule has 0 aromatic heterocycles. The molecule has 2 rings (SSSR count). The summed E-state index contributed by atoms with van der Waals surface area (Å²) in [5.41, 5.74) is 5.94. The molecule has 2 fully saturated rings. The van der Waals surface area contributed by atoms with E-state index in [-0.39, 0.29) is 5.60 Å². The Morgan fingerprint density at radius 1 is 1.20 bits per heavy atom. The minimum atomic E-state index is 0.0834. The van der Waals surface area contributed by atoms with Gasteiger partial charge in [-0.15, -0.1) is 0 Å². The van der Waals surface area contributed by atoms with Gasteiger partial charge < -0.3 is 15.2 Å². The molecular weight excluding hydrogens is 252 g/mol. The molecule has 0 bridgehead atoms. The molecule has 1 unspecified atom stereocenters. The summed E-state index contributed by atoms with van der Waals surface area (Å²) < 4.78 is 11.7. The predicted octanol–water partition coefficient (Wildman–Crippen LogP) is 2.16. The van der Waals surface area contributed by atoms with Gasteiger partial charge in [0.2, 0.25) is 0 Å². The van der Waals surface area contributed by atoms with Crippen molar-refractivity contribution in [3.05, 3.63) is 0 Å². The van der Waals surface area contributed by atoms with E-state index in [0.29, 0.717) is 12.1 Å². The van der Waals surface area contributed by atoms with Gasteiger partial charge in [-0.2, -0.15) is 0 Å². The van der Waals surface area contributed by atoms with Gasteiger partial charge in [0.15, 0.2) is 0 Å². The van der Waals surface area contributed by atoms with E-state index in [4.69, 9.17) is 15.2 Å². The van der Waals surface area contributed by atoms with Crippen LogP contribution < -0.4 is 5.73 Å². The Kier molecular flexibility index (Phi) is 6.27. The molecule has 0 saturated carbocycles. The third-order valence-corrected chi connectivity index (χ3v) is 5.14. The van der Waals surface area contributed by atoms with Crippen LogP contribution in [0.3, 0.4) is 0 Å². The molecule has 1 atom stereocenters. The Hall–Kier alpha value is -0.160. The second-order valence-electron chi connectivity index (χ2n) is 6.29. The van der Waals surface area contributed by atoms with Gasteiger partial charge in [0.1, 0.15) is 0 Å². The minimum Gasteiger partial charge on any atom is -0.381 e. The van der Waals surface area contributed by atoms with Crippen molar-refractivity contribution in [3.8, 4) is 0 Å². The van der Waals surface area contributed by atoms with E-state index >= 15 is 0 Å². The number of rotatable bonds is 6. The lowest BCUT2D eigenvalue weighted by molar-refractivity contribution is -0.154. The molecule has 1 spiro atoms. The van der Waals surface area contributed by atoms with Gasteiger partial charge in [0, 0.05) is 45.0 Å². The molecule has 2 saturated heterocycles. The van der Waals surface area contributed by atoms with Crippen LogP contribution in [0.15, 0.2) is 0 Å². The van der Waals surface area contributed by atoms with Crippen LogP contribution in [0.5, 0.6) is 0 Å². The average Bonchev–Trinajstić information content (AvgIpc) is 2.48. The third kappa shape index (κ3) is 3.73. The van der Waals surface area contributed by atoms with Crippen LogP contribution in [0, 0.1) is 0 Å². The van der Waals surface area contributed by atoms with Gasteiger partial charge in [-0.3, -0.25) is 4.90 Å². The lowest BCUT2D eigenvalue weighted by atomic mass is 9.83. The number of nitrogens with two attached hydrogens (primary N) is 1. The fourth-order valence-corrected chi connectivity index (χ4v) is 3.95. The maximum Gasteiger partial charge on any atom is 0.0741 e. The zero-order valence-electron chi connectivity index (χ0n) is 13.3. The molecular formula is C16H32N2O2. The van der Waals surface area contributed by atoms with Crippen LogP contribution in [-0.2, 0) is 9.47 Å². The summed E-state index contributed by atoms with van der Waals surface area (Å²) in [7, 11) is 0. The van der Waals surface area contributed by atoms with Gasteiger partial charge in [-0.1, -0.05) is 13.8 Å². The van der Waals surface area contributed by atoms with Crippen LogP contribution in [0.1, 0.15) is 52.4 Å². The molecule has 2 heterocycles. The number of ether oxygens (including phenoxy) is 2. The van der Waals surface area contributed by atoms with E-state index in [2.05, 4.69) is 18.7 Å². The van der Waals surface area contributed by atoms with E-state index < -0.39 is 0 Å². The Bertz CT molecular complexity index is 270. The van der Waals surface area contributed by atoms with E-state index in [1.54, 1.807) is 0 Å². The first-order valence-electron chi connectivity index (χ1n) is 8.42. The summed E-state index contributed by atoms with van der Waals surface area (Å²) in [5, 5.41) is 0. The lowest BCUT2D eigenvalue weighted by Crippen LogP contribution is -2.54. The van der Waals surface area contributed by atoms with Gasteiger partial charge >= 0.3 is 0 Å². The third-order valence-electron chi connectivity index (χ3n) is 5.14. The largest absolute Gasteiger partial charge is 0.381 e. The van der Waals surface area contributed by atoms with E-state index in [1.807, 2.05) is 0 Å². The number of hydrogen-bond acceptors (Lipinski definition) is 4. The molecule has 4 nitrogen and oxygen atoms in total. The summed E-state index contributed by atoms with van der Waals surface area (Å²) >= 11 is 0. The second kappa shape index (κ2) is 7.74. The van der Waals surface area contributed by atoms with Crippen LogP contribution in [0.25, 0.3) is 0 Å². The summed E-state index contributed by atoms with van der Waals surface area (Å²) in [6.45, 7) is 8.96. The quantitative estimate of drug-likeness (QED) is 0.812. The normalized spacial score (nSPS) is 26.6. The Balaban J connectivity index is 2.04. The second-order valence-corrected chi connectivity index (χ2v) is 6.29. The molecule has 0 aromatic rings. The van der Waals surface area contributed by atoms with Crippen molar-refractivity contribution in [2.45, 2.75) is 70.1 Å². The first-order chi connectivity index (χ1) is 9.74. The highest BCUT2D eigenvalue weighted by Crippen LogP contribution is 2.36. The van der Waals surface area contributed by atoms with Crippen LogP contribution >= 0.6 is 0 Å². The lowest BCUT2D eigenvalue weighted by Gasteiger charge is -2.48. The maximum absolute atomic E-state index is 6.17. The van der Waals surface area contributed by atoms with E-state index in [9.17, 15) is 0 Å². The molecule has 2 aliphatic rings. The molecule has 0 aliphatic carbocycles. The molecule has 0 amide bonds. The summed E-state index contributed by atoms with van der Waals surface area (Å²) in [4.78, 5) is 2.67. The maximum atomic E-state index is 6.17. The van der Waals surface area contributed by atoms with E-state index in [1.165, 1.54) is 12.8 Å². The minimum absolute atomic E-state index is 0.0834. The van der Waals surface area contributed by atoms with Crippen molar-refractivity contribution in [1.29, 1.82) is 0 Å². The molecule has 20 heavy (non-hydrogen) atoms. The summed E-state index contributed by atoms with van der Waals surface area (Å²) in [6.07, 6.45) is 6.85. The van der Waals surface area contributed by atoms with Crippen molar-refractivity contribution < 1.29 is 9.47 Å². The molecule has 2 aliphatic heterocycles. The number of hydrogen-bond donors (Lipinski definition) is 1. The molecule has 0 radical (unpaired) electrons. The fraction of sp³-hybridized carbons (Fsp3) is 1.00. The Morgan fingerprint density at radius 3 is 2.50 bits per heavy atom. The zero-order chi connectivity index (χ0) is 14.4. The Labute approximate surface area is 124 Å². The van der Waals surface area contributed by atoms with Gasteiger partial charge in [-0.25, -0.2) is 0 Å². The molecule has 2 N–H and O–H groups in total. The molecule has 118 valence electrons. The smallest absolute Gasteiger partial charge is 0.0741 e. The standard InChI is InChI=1S/C16H32N2O2/c1-3-14(4-2)18(9-8-17)15-5-10-20-16(13-15)6-11-19-12-7-16/h14-15H,3-13,17H2,1-2H3. The first-order valence-corrected chi connectivity index (χ1v) is 8.42. The monoisotopic (exact) mass is 284 g/mol. The first kappa shape index (κ1) is 16.2. The van der Waals surface area contributed by atoms with Crippen LogP contribution in [0.2, 0.25) is 0 Å². The summed E-state index contributed by atoms with van der Waals surface area (Å²) in [5.74, 6) is 0. The van der Waals surface area contributed by atoms with Crippen LogP contribution in [-0.4, -0.2) is 55.5 Å². The topological polar surface area (TPSA) is 47.7 Å². The highest BCUT2D eigenvalue weighted by molar-refractivity contribution is 4.93. The highest BCUT2D eigenvalue weighted by Gasteiger charge is 2.41. The highest BCUT2D eigenvalue weighted by atomic mass is 16.5. The molecule has 0 aromatic carbocycles. The zero-order valence-corrected chi connectivity index (χ0v) is 13.3. The van der Waals surface area contributed by atoms with Crippen molar-refractivity contribution in [2.24, 2.45) is 5.73 Å². The van der Waals surface area contributed by atoms with Crippen LogP contribution in [0.4, 0.5) is 0 Å². The Morgan fingerprint density at radius 2 is 1.90 bits per heavy atom. The van der Waals surface area contributed by atoms with Gasteiger partial charge in [0.25, 0.3) is 0 Å². The fourth-order valence-electron chi connectivity index (χ4n) is 3.95. The van der Waals surface area contributed by atoms with E-state index in [0.717, 1.165) is 58.6 Å². The molecule has 4 heteroatoms. The summed E-state index contributed by atoms with van der Waals surface area (Å²) in [6, 6.07) is 1.30. The average molecular weight is 284 g/mol. The van der Waals surface area contributed by atoms with Crippen molar-refractivity contribution in [2.75, 3.05) is 32.9 Å². The van der Waals surface area contributed by atoms with Crippen molar-refractivity contribution >= 4 is 0 Å². The van der Waals surface area contributed by atoms with Crippen molar-refractivity contribution in [3.63, 3.8) is 0 Å². The van der Waals surface area contributed by atoms with Crippen molar-refractivity contribution in [1.82, 2.24) is 4.90 Å². The van der Waals surface area contributed by atoms with Gasteiger partial charge in [0.05, 0.1) is 5.60 Å². The number of nitrogens with zero attached hydrogens (tertiary/aromatic N) is 1. The predicted molar refractivity (Wildman–Crippen MR) is 81.9 cm³/mol. The SMILES string of the molecule is CCC(CC)N(CCN)C1CCOC2(CCOCC2)C1.